The maximum atomic E-state index is 5.70. The van der Waals surface area contributed by atoms with Gasteiger partial charge in [0.2, 0.25) is 0 Å². The second-order valence-corrected chi connectivity index (χ2v) is 8.26. The van der Waals surface area contributed by atoms with Crippen molar-refractivity contribution in [2.45, 2.75) is 79.6 Å². The molecule has 0 saturated heterocycles. The Morgan fingerprint density at radius 3 is 2.07 bits per heavy atom. The van der Waals surface area contributed by atoms with E-state index in [0.29, 0.717) is 0 Å². The van der Waals surface area contributed by atoms with Crippen molar-refractivity contribution in [3.8, 4) is 17.0 Å². The first-order chi connectivity index (χ1) is 14.5. The maximum Gasteiger partial charge on any atom is 0.128 e. The Kier molecular flexibility index (Phi) is 9.77. The van der Waals surface area contributed by atoms with E-state index in [1.165, 1.54) is 30.4 Å². The van der Waals surface area contributed by atoms with Crippen molar-refractivity contribution < 1.29 is 9.47 Å². The van der Waals surface area contributed by atoms with Crippen LogP contribution in [-0.4, -0.2) is 30.8 Å². The Morgan fingerprint density at radius 2 is 1.57 bits per heavy atom. The van der Waals surface area contributed by atoms with Crippen LogP contribution in [-0.2, 0) is 30.4 Å². The second-order valence-electron chi connectivity index (χ2n) is 8.26. The molecule has 3 rings (SSSR count). The Morgan fingerprint density at radius 1 is 0.933 bits per heavy atom. The minimum Gasteiger partial charge on any atom is -0.496 e. The fraction of sp³-hybridized carbons (Fsp3) is 0.615. The summed E-state index contributed by atoms with van der Waals surface area (Å²) in [4.78, 5) is 9.76. The van der Waals surface area contributed by atoms with Gasteiger partial charge in [-0.15, -0.1) is 0 Å². The van der Waals surface area contributed by atoms with Crippen LogP contribution in [0.3, 0.4) is 0 Å². The predicted molar refractivity (Wildman–Crippen MR) is 125 cm³/mol. The second kappa shape index (κ2) is 12.0. The van der Waals surface area contributed by atoms with E-state index in [-0.39, 0.29) is 0 Å². The maximum absolute atomic E-state index is 5.70. The van der Waals surface area contributed by atoms with E-state index in [1.54, 1.807) is 14.2 Å². The van der Waals surface area contributed by atoms with E-state index >= 15 is 0 Å². The molecule has 1 aliphatic rings. The average Bonchev–Trinajstić information content (AvgIpc) is 2.78. The summed E-state index contributed by atoms with van der Waals surface area (Å²) in [7, 11) is 3.49. The third-order valence-corrected chi connectivity index (χ3v) is 5.98. The third kappa shape index (κ3) is 6.04. The highest BCUT2D eigenvalue weighted by atomic mass is 16.5. The largest absolute Gasteiger partial charge is 0.496 e. The lowest BCUT2D eigenvalue weighted by molar-refractivity contribution is 0.158. The van der Waals surface area contributed by atoms with E-state index in [9.17, 15) is 0 Å². The summed E-state index contributed by atoms with van der Waals surface area (Å²) in [5, 5.41) is 0. The number of benzene rings is 1. The smallest absolute Gasteiger partial charge is 0.128 e. The van der Waals surface area contributed by atoms with Crippen LogP contribution in [0.15, 0.2) is 12.1 Å². The normalized spacial score (nSPS) is 13.8. The fourth-order valence-corrected chi connectivity index (χ4v) is 3.92. The summed E-state index contributed by atoms with van der Waals surface area (Å²) in [6.45, 7) is 11.6. The van der Waals surface area contributed by atoms with E-state index in [1.807, 2.05) is 0 Å². The lowest BCUT2D eigenvalue weighted by Crippen LogP contribution is -2.07. The fourth-order valence-electron chi connectivity index (χ4n) is 3.92. The summed E-state index contributed by atoms with van der Waals surface area (Å²) >= 11 is 0. The molecule has 4 nitrogen and oxygen atoms in total. The molecule has 2 aromatic rings. The molecule has 166 valence electrons. The first kappa shape index (κ1) is 24.3. The number of rotatable bonds is 7. The van der Waals surface area contributed by atoms with Gasteiger partial charge in [0.15, 0.2) is 0 Å². The summed E-state index contributed by atoms with van der Waals surface area (Å²) in [5.74, 6) is 1.66. The lowest BCUT2D eigenvalue weighted by Gasteiger charge is -2.20. The molecule has 1 aliphatic carbocycles. The summed E-state index contributed by atoms with van der Waals surface area (Å²) in [5.41, 5.74) is 8.18. The van der Waals surface area contributed by atoms with Crippen molar-refractivity contribution in [2.24, 2.45) is 5.92 Å². The van der Waals surface area contributed by atoms with Crippen LogP contribution in [0.2, 0.25) is 0 Å². The molecule has 1 aromatic carbocycles. The van der Waals surface area contributed by atoms with E-state index in [0.717, 1.165) is 72.3 Å². The summed E-state index contributed by atoms with van der Waals surface area (Å²) in [6.07, 6.45) is 7.88. The van der Waals surface area contributed by atoms with Gasteiger partial charge in [0.25, 0.3) is 0 Å². The molecule has 0 saturated carbocycles. The van der Waals surface area contributed by atoms with Gasteiger partial charge in [-0.2, -0.15) is 0 Å². The minimum atomic E-state index is 0.727. The lowest BCUT2D eigenvalue weighted by atomic mass is 9.89. The van der Waals surface area contributed by atoms with Gasteiger partial charge in [0.05, 0.1) is 29.9 Å². The van der Waals surface area contributed by atoms with E-state index < -0.39 is 0 Å². The highest BCUT2D eigenvalue weighted by Crippen LogP contribution is 2.36. The predicted octanol–water partition coefficient (Wildman–Crippen LogP) is 6.14. The molecule has 1 heterocycles. The quantitative estimate of drug-likeness (QED) is 0.547. The molecule has 1 atom stereocenters. The molecule has 0 amide bonds. The standard InChI is InChI=1S/C20H26N2O.C6H14O/c1-5-17-13(3)21-18(6-2)20(22-17)16-11-14-9-7-8-10-15(14)12-19(16)23-4;1-4-6(2)5-7-3/h11-12H,5-10H2,1-4H3;6H,4-5H2,1-3H3. The number of ether oxygens (including phenoxy) is 2. The molecular formula is C26H40N2O2. The number of nitrogens with zero attached hydrogens (tertiary/aromatic N) is 2. The van der Waals surface area contributed by atoms with Crippen LogP contribution in [0.4, 0.5) is 0 Å². The molecular weight excluding hydrogens is 372 g/mol. The Balaban J connectivity index is 0.000000396. The number of aryl methyl sites for hydroxylation is 5. The molecule has 0 bridgehead atoms. The monoisotopic (exact) mass is 412 g/mol. The van der Waals surface area contributed by atoms with Crippen molar-refractivity contribution in [1.82, 2.24) is 9.97 Å². The molecule has 0 radical (unpaired) electrons. The molecule has 4 heteroatoms. The van der Waals surface area contributed by atoms with Crippen LogP contribution >= 0.6 is 0 Å². The van der Waals surface area contributed by atoms with Crippen LogP contribution in [0.5, 0.6) is 5.75 Å². The van der Waals surface area contributed by atoms with E-state index in [4.69, 9.17) is 19.4 Å². The van der Waals surface area contributed by atoms with Crippen LogP contribution < -0.4 is 4.74 Å². The molecule has 0 aliphatic heterocycles. The highest BCUT2D eigenvalue weighted by molar-refractivity contribution is 5.71. The van der Waals surface area contributed by atoms with Crippen molar-refractivity contribution in [2.75, 3.05) is 20.8 Å². The Bertz CT molecular complexity index is 817. The number of hydrogen-bond acceptors (Lipinski definition) is 4. The minimum absolute atomic E-state index is 0.727. The van der Waals surface area contributed by atoms with Gasteiger partial charge in [0.1, 0.15) is 5.75 Å². The van der Waals surface area contributed by atoms with Gasteiger partial charge < -0.3 is 9.47 Å². The number of methoxy groups -OCH3 is 2. The summed E-state index contributed by atoms with van der Waals surface area (Å²) in [6, 6.07) is 4.52. The Labute approximate surface area is 183 Å². The molecule has 1 aromatic heterocycles. The summed E-state index contributed by atoms with van der Waals surface area (Å²) < 4.78 is 10.6. The van der Waals surface area contributed by atoms with Crippen molar-refractivity contribution in [3.05, 3.63) is 40.3 Å². The molecule has 30 heavy (non-hydrogen) atoms. The van der Waals surface area contributed by atoms with Gasteiger partial charge in [-0.05, 0) is 74.6 Å². The van der Waals surface area contributed by atoms with Crippen molar-refractivity contribution >= 4 is 0 Å². The van der Waals surface area contributed by atoms with Gasteiger partial charge in [-0.1, -0.05) is 34.1 Å². The highest BCUT2D eigenvalue weighted by Gasteiger charge is 2.19. The van der Waals surface area contributed by atoms with Crippen LogP contribution in [0, 0.1) is 12.8 Å². The number of fused-ring (bicyclic) bond motifs is 1. The molecule has 1 unspecified atom stereocenters. The van der Waals surface area contributed by atoms with Crippen LogP contribution in [0.25, 0.3) is 11.3 Å². The van der Waals surface area contributed by atoms with Gasteiger partial charge in [-0.25, -0.2) is 4.98 Å². The van der Waals surface area contributed by atoms with E-state index in [2.05, 4.69) is 46.8 Å². The zero-order valence-corrected chi connectivity index (χ0v) is 20.1. The van der Waals surface area contributed by atoms with Gasteiger partial charge in [0, 0.05) is 19.3 Å². The topological polar surface area (TPSA) is 44.2 Å². The van der Waals surface area contributed by atoms with Crippen molar-refractivity contribution in [3.63, 3.8) is 0 Å². The SMILES string of the molecule is CCC(C)COC.CCc1nc(-c2cc3c(cc2OC)CCCC3)c(CC)nc1C. The molecule has 0 fully saturated rings. The molecule has 0 N–H and O–H groups in total. The average molecular weight is 413 g/mol. The molecule has 0 spiro atoms. The number of hydrogen-bond donors (Lipinski definition) is 0. The third-order valence-electron chi connectivity index (χ3n) is 5.98. The van der Waals surface area contributed by atoms with Crippen LogP contribution in [0.1, 0.15) is 75.2 Å². The van der Waals surface area contributed by atoms with Gasteiger partial charge in [-0.3, -0.25) is 4.98 Å². The van der Waals surface area contributed by atoms with Gasteiger partial charge >= 0.3 is 0 Å². The Hall–Kier alpha value is -1.94. The number of aromatic nitrogens is 2. The zero-order valence-electron chi connectivity index (χ0n) is 20.1. The first-order valence-electron chi connectivity index (χ1n) is 11.5. The first-order valence-corrected chi connectivity index (χ1v) is 11.5. The van der Waals surface area contributed by atoms with Crippen molar-refractivity contribution in [1.29, 1.82) is 0 Å². The zero-order chi connectivity index (χ0) is 22.1.